The van der Waals surface area contributed by atoms with Gasteiger partial charge in [-0.15, -0.1) is 11.3 Å². The van der Waals surface area contributed by atoms with Crippen LogP contribution in [0.4, 0.5) is 0 Å². The number of carbonyl (C=O) groups excluding carboxylic acids is 1. The van der Waals surface area contributed by atoms with Crippen LogP contribution in [0.2, 0.25) is 0 Å². The zero-order chi connectivity index (χ0) is 19.3. The number of ether oxygens (including phenoxy) is 1. The van der Waals surface area contributed by atoms with Crippen molar-refractivity contribution in [2.45, 2.75) is 16.5 Å². The van der Waals surface area contributed by atoms with Gasteiger partial charge in [-0.3, -0.25) is 4.68 Å². The Hall–Kier alpha value is -2.97. The number of rotatable bonds is 6. The minimum atomic E-state index is -0.414. The molecule has 0 saturated carbocycles. The molecular formula is C20H16N4O2S2. The Kier molecular flexibility index (Phi) is 5.50. The van der Waals surface area contributed by atoms with Crippen molar-refractivity contribution >= 4 is 29.1 Å². The van der Waals surface area contributed by atoms with E-state index in [0.717, 1.165) is 15.5 Å². The molecule has 0 spiro atoms. The molecule has 0 N–H and O–H groups in total. The van der Waals surface area contributed by atoms with Crippen LogP contribution in [-0.4, -0.2) is 25.7 Å². The second-order valence-corrected chi connectivity index (χ2v) is 7.81. The number of aromatic nitrogens is 4. The summed E-state index contributed by atoms with van der Waals surface area (Å²) in [6, 6.07) is 13.3. The third kappa shape index (κ3) is 4.29. The Morgan fingerprint density at radius 1 is 1.21 bits per heavy atom. The predicted molar refractivity (Wildman–Crippen MR) is 108 cm³/mol. The van der Waals surface area contributed by atoms with E-state index in [2.05, 4.69) is 15.1 Å². The maximum Gasteiger partial charge on any atom is 0.341 e. The quantitative estimate of drug-likeness (QED) is 0.439. The molecule has 28 heavy (non-hydrogen) atoms. The van der Waals surface area contributed by atoms with Crippen molar-refractivity contribution in [1.82, 2.24) is 19.7 Å². The summed E-state index contributed by atoms with van der Waals surface area (Å²) in [5.41, 5.74) is 2.09. The molecule has 4 rings (SSSR count). The second kappa shape index (κ2) is 8.37. The van der Waals surface area contributed by atoms with E-state index in [-0.39, 0.29) is 6.61 Å². The summed E-state index contributed by atoms with van der Waals surface area (Å²) < 4.78 is 7.20. The first-order valence-corrected chi connectivity index (χ1v) is 10.2. The van der Waals surface area contributed by atoms with Gasteiger partial charge in [0, 0.05) is 35.3 Å². The lowest BCUT2D eigenvalue weighted by molar-refractivity contribution is 0.0463. The van der Waals surface area contributed by atoms with Crippen LogP contribution in [-0.2, 0) is 18.4 Å². The molecule has 0 unspecified atom stereocenters. The molecule has 0 aliphatic heterocycles. The number of benzene rings is 1. The van der Waals surface area contributed by atoms with Gasteiger partial charge in [0.2, 0.25) is 0 Å². The Balaban J connectivity index is 1.44. The normalized spacial score (nSPS) is 10.8. The lowest BCUT2D eigenvalue weighted by Crippen LogP contribution is -2.07. The number of pyridine rings is 1. The van der Waals surface area contributed by atoms with Crippen LogP contribution in [0.3, 0.4) is 0 Å². The highest BCUT2D eigenvalue weighted by atomic mass is 32.2. The third-order valence-corrected chi connectivity index (χ3v) is 5.77. The fourth-order valence-electron chi connectivity index (χ4n) is 2.48. The van der Waals surface area contributed by atoms with Crippen LogP contribution in [0.5, 0.6) is 0 Å². The van der Waals surface area contributed by atoms with Crippen molar-refractivity contribution in [1.29, 1.82) is 0 Å². The second-order valence-electron chi connectivity index (χ2n) is 5.89. The number of hydrogen-bond acceptors (Lipinski definition) is 7. The van der Waals surface area contributed by atoms with E-state index in [4.69, 9.17) is 4.74 Å². The number of carbonyl (C=O) groups is 1. The molecule has 0 atom stereocenters. The van der Waals surface area contributed by atoms with Gasteiger partial charge in [-0.1, -0.05) is 30.0 Å². The van der Waals surface area contributed by atoms with Gasteiger partial charge >= 0.3 is 5.97 Å². The fourth-order valence-corrected chi connectivity index (χ4v) is 4.15. The lowest BCUT2D eigenvalue weighted by Gasteiger charge is -2.07. The van der Waals surface area contributed by atoms with Crippen molar-refractivity contribution in [2.24, 2.45) is 7.05 Å². The zero-order valence-electron chi connectivity index (χ0n) is 15.0. The van der Waals surface area contributed by atoms with E-state index >= 15 is 0 Å². The molecule has 0 amide bonds. The van der Waals surface area contributed by atoms with Gasteiger partial charge in [-0.25, -0.2) is 14.8 Å². The Bertz CT molecular complexity index is 1090. The summed E-state index contributed by atoms with van der Waals surface area (Å²) in [4.78, 5) is 22.5. The van der Waals surface area contributed by atoms with Crippen LogP contribution in [0, 0.1) is 0 Å². The summed E-state index contributed by atoms with van der Waals surface area (Å²) in [5, 5.41) is 7.50. The van der Waals surface area contributed by atoms with E-state index in [1.165, 1.54) is 23.1 Å². The molecule has 0 fully saturated rings. The predicted octanol–water partition coefficient (Wildman–Crippen LogP) is 4.45. The van der Waals surface area contributed by atoms with Crippen molar-refractivity contribution in [3.63, 3.8) is 0 Å². The standard InChI is InChI=1S/C20H16N4O2S2/c1-24-11-14(10-22-24)18-23-15(13-27-18)12-26-20(25)17-8-5-9-21-19(17)28-16-6-3-2-4-7-16/h2-11,13H,12H2,1H3. The van der Waals surface area contributed by atoms with Gasteiger partial charge in [0.25, 0.3) is 0 Å². The van der Waals surface area contributed by atoms with Crippen molar-refractivity contribution in [3.05, 3.63) is 77.7 Å². The van der Waals surface area contributed by atoms with Gasteiger partial charge in [-0.2, -0.15) is 5.10 Å². The molecule has 140 valence electrons. The van der Waals surface area contributed by atoms with Crippen LogP contribution >= 0.6 is 23.1 Å². The molecule has 3 aromatic heterocycles. The van der Waals surface area contributed by atoms with Crippen LogP contribution < -0.4 is 0 Å². The number of thiazole rings is 1. The highest BCUT2D eigenvalue weighted by molar-refractivity contribution is 7.99. The van der Waals surface area contributed by atoms with E-state index in [1.54, 1.807) is 29.2 Å². The highest BCUT2D eigenvalue weighted by Crippen LogP contribution is 2.29. The zero-order valence-corrected chi connectivity index (χ0v) is 16.6. The summed E-state index contributed by atoms with van der Waals surface area (Å²) in [5.74, 6) is -0.414. The van der Waals surface area contributed by atoms with Crippen LogP contribution in [0.1, 0.15) is 16.1 Å². The maximum atomic E-state index is 12.6. The van der Waals surface area contributed by atoms with Crippen LogP contribution in [0.15, 0.2) is 76.4 Å². The maximum absolute atomic E-state index is 12.6. The molecule has 4 aromatic rings. The molecule has 6 nitrogen and oxygen atoms in total. The highest BCUT2D eigenvalue weighted by Gasteiger charge is 2.16. The monoisotopic (exact) mass is 408 g/mol. The molecule has 0 aliphatic carbocycles. The van der Waals surface area contributed by atoms with Gasteiger partial charge in [0.05, 0.1) is 17.5 Å². The smallest absolute Gasteiger partial charge is 0.341 e. The Labute approximate surface area is 170 Å². The van der Waals surface area contributed by atoms with Gasteiger partial charge in [0.15, 0.2) is 0 Å². The average molecular weight is 409 g/mol. The fraction of sp³-hybridized carbons (Fsp3) is 0.100. The minimum Gasteiger partial charge on any atom is -0.455 e. The van der Waals surface area contributed by atoms with Gasteiger partial charge in [0.1, 0.15) is 16.6 Å². The summed E-state index contributed by atoms with van der Waals surface area (Å²) in [6.07, 6.45) is 5.33. The lowest BCUT2D eigenvalue weighted by atomic mass is 10.3. The molecule has 0 saturated heterocycles. The summed E-state index contributed by atoms with van der Waals surface area (Å²) in [7, 11) is 1.86. The van der Waals surface area contributed by atoms with E-state index in [9.17, 15) is 4.79 Å². The number of aryl methyl sites for hydroxylation is 1. The Morgan fingerprint density at radius 2 is 2.07 bits per heavy atom. The SMILES string of the molecule is Cn1cc(-c2nc(COC(=O)c3cccnc3Sc3ccccc3)cs2)cn1. The minimum absolute atomic E-state index is 0.111. The van der Waals surface area contributed by atoms with Crippen molar-refractivity contribution in [2.75, 3.05) is 0 Å². The molecule has 1 aromatic carbocycles. The van der Waals surface area contributed by atoms with E-state index < -0.39 is 5.97 Å². The first-order valence-electron chi connectivity index (χ1n) is 8.47. The van der Waals surface area contributed by atoms with Gasteiger partial charge in [-0.05, 0) is 24.3 Å². The molecule has 0 aliphatic rings. The first-order chi connectivity index (χ1) is 13.7. The summed E-state index contributed by atoms with van der Waals surface area (Å²) in [6.45, 7) is 0.111. The number of esters is 1. The van der Waals surface area contributed by atoms with Crippen LogP contribution in [0.25, 0.3) is 10.6 Å². The molecular weight excluding hydrogens is 392 g/mol. The average Bonchev–Trinajstić information content (AvgIpc) is 3.36. The van der Waals surface area contributed by atoms with Gasteiger partial charge < -0.3 is 4.74 Å². The summed E-state index contributed by atoms with van der Waals surface area (Å²) >= 11 is 2.93. The molecule has 0 bridgehead atoms. The Morgan fingerprint density at radius 3 is 2.86 bits per heavy atom. The number of nitrogens with zero attached hydrogens (tertiary/aromatic N) is 4. The topological polar surface area (TPSA) is 69.9 Å². The third-order valence-electron chi connectivity index (χ3n) is 3.80. The van der Waals surface area contributed by atoms with Crippen molar-refractivity contribution in [3.8, 4) is 10.6 Å². The van der Waals surface area contributed by atoms with Crippen molar-refractivity contribution < 1.29 is 9.53 Å². The molecule has 0 radical (unpaired) electrons. The van der Waals surface area contributed by atoms with E-state index in [0.29, 0.717) is 16.3 Å². The number of hydrogen-bond donors (Lipinski definition) is 0. The largest absolute Gasteiger partial charge is 0.455 e. The molecule has 3 heterocycles. The van der Waals surface area contributed by atoms with E-state index in [1.807, 2.05) is 49.0 Å². The first kappa shape index (κ1) is 18.4. The molecule has 8 heteroatoms.